The molecule has 1 N–H and O–H groups in total. The minimum absolute atomic E-state index is 0. The van der Waals surface area contributed by atoms with E-state index in [1.54, 1.807) is 0 Å². The average Bonchev–Trinajstić information content (AvgIpc) is 3.34. The molecule has 0 bridgehead atoms. The van der Waals surface area contributed by atoms with E-state index in [1.807, 2.05) is 49.1 Å². The predicted octanol–water partition coefficient (Wildman–Crippen LogP) is 12.9. The smallest absolute Gasteiger partial charge is 0.226 e. The second kappa shape index (κ2) is 18.7. The van der Waals surface area contributed by atoms with Gasteiger partial charge in [0.15, 0.2) is 0 Å². The molecular weight excluding hydrogens is 854 g/mol. The van der Waals surface area contributed by atoms with Gasteiger partial charge < -0.3 is 9.52 Å². The molecule has 8 heteroatoms. The zero-order chi connectivity index (χ0) is 41.5. The molecule has 6 aromatic carbocycles. The van der Waals surface area contributed by atoms with Crippen LogP contribution in [0.25, 0.3) is 88.1 Å². The van der Waals surface area contributed by atoms with Crippen molar-refractivity contribution in [3.63, 3.8) is 0 Å². The van der Waals surface area contributed by atoms with E-state index in [0.29, 0.717) is 0 Å². The quantitative estimate of drug-likeness (QED) is 0.139. The van der Waals surface area contributed by atoms with Gasteiger partial charge in [-0.25, -0.2) is 0 Å². The van der Waals surface area contributed by atoms with Gasteiger partial charge in [-0.15, -0.1) is 0 Å². The van der Waals surface area contributed by atoms with E-state index in [-0.39, 0.29) is 31.0 Å². The molecule has 0 amide bonds. The van der Waals surface area contributed by atoms with Crippen LogP contribution < -0.4 is 5.43 Å². The molecule has 0 atom stereocenters. The molecule has 0 saturated carbocycles. The molecule has 0 saturated heterocycles. The molecular formula is C54H38N4O3Ru. The van der Waals surface area contributed by atoms with Gasteiger partial charge in [-0.3, -0.25) is 24.7 Å². The van der Waals surface area contributed by atoms with Crippen LogP contribution in [0.3, 0.4) is 0 Å². The maximum Gasteiger partial charge on any atom is 0.226 e. The summed E-state index contributed by atoms with van der Waals surface area (Å²) in [6.07, 6.45) is 8.75. The number of aromatic nitrogens is 4. The molecule has 0 unspecified atom stereocenters. The third-order valence-corrected chi connectivity index (χ3v) is 10.6. The summed E-state index contributed by atoms with van der Waals surface area (Å²) in [6.45, 7) is 1.52. The summed E-state index contributed by atoms with van der Waals surface area (Å²) >= 11 is 0. The fourth-order valence-corrected chi connectivity index (χ4v) is 7.64. The number of hydrogen-bond donors (Lipinski definition) is 1. The molecule has 11 aromatic rings. The van der Waals surface area contributed by atoms with Crippen molar-refractivity contribution >= 4 is 43.6 Å². The second-order valence-corrected chi connectivity index (χ2v) is 14.3. The third kappa shape index (κ3) is 8.37. The summed E-state index contributed by atoms with van der Waals surface area (Å²) < 4.78 is 4.69. The van der Waals surface area contributed by atoms with Crippen LogP contribution in [0.1, 0.15) is 5.76 Å². The van der Waals surface area contributed by atoms with E-state index in [9.17, 15) is 4.79 Å². The zero-order valence-corrected chi connectivity index (χ0v) is 35.3. The minimum atomic E-state index is -0.404. The van der Waals surface area contributed by atoms with E-state index < -0.39 is 5.43 Å². The van der Waals surface area contributed by atoms with Crippen molar-refractivity contribution in [2.75, 3.05) is 0 Å². The van der Waals surface area contributed by atoms with Gasteiger partial charge in [-0.2, -0.15) is 0 Å². The number of pyridine rings is 4. The van der Waals surface area contributed by atoms with Gasteiger partial charge in [0.1, 0.15) is 5.76 Å². The SMILES string of the molecule is Cc1occc(=O)c1O.[Ru].c1ccc(-c2ccnc3c2ccc2c(-c4ccccc4)ccnc23)cc1.c1ccc(-c2ccnc3c2ccc2c(-c4ccccc4)ccnc23)cc1. The van der Waals surface area contributed by atoms with Crippen LogP contribution >= 0.6 is 0 Å². The summed E-state index contributed by atoms with van der Waals surface area (Å²) in [7, 11) is 0. The Morgan fingerprint density at radius 3 is 0.903 bits per heavy atom. The molecule has 300 valence electrons. The molecule has 0 aliphatic heterocycles. The third-order valence-electron chi connectivity index (χ3n) is 10.6. The number of benzene rings is 6. The van der Waals surface area contributed by atoms with Crippen LogP contribution in [0, 0.1) is 6.92 Å². The molecule has 0 aliphatic rings. The molecule has 0 aliphatic carbocycles. The number of aromatic hydroxyl groups is 1. The summed E-state index contributed by atoms with van der Waals surface area (Å²) in [5.41, 5.74) is 12.9. The van der Waals surface area contributed by atoms with E-state index in [0.717, 1.165) is 43.6 Å². The molecule has 11 rings (SSSR count). The maximum absolute atomic E-state index is 10.5. The van der Waals surface area contributed by atoms with Crippen molar-refractivity contribution in [3.8, 4) is 50.3 Å². The Morgan fingerprint density at radius 2 is 0.661 bits per heavy atom. The summed E-state index contributed by atoms with van der Waals surface area (Å²) in [4.78, 5) is 29.2. The molecule has 0 fully saturated rings. The molecule has 0 radical (unpaired) electrons. The van der Waals surface area contributed by atoms with Crippen LogP contribution in [0.15, 0.2) is 216 Å². The van der Waals surface area contributed by atoms with Crippen LogP contribution in [0.2, 0.25) is 0 Å². The first-order valence-electron chi connectivity index (χ1n) is 19.9. The van der Waals surface area contributed by atoms with Crippen molar-refractivity contribution in [1.29, 1.82) is 0 Å². The first-order valence-corrected chi connectivity index (χ1v) is 19.9. The number of rotatable bonds is 4. The summed E-state index contributed by atoms with van der Waals surface area (Å²) in [5, 5.41) is 13.3. The summed E-state index contributed by atoms with van der Waals surface area (Å²) in [5.74, 6) is -0.0556. The van der Waals surface area contributed by atoms with Gasteiger partial charge in [0.25, 0.3) is 0 Å². The Balaban J connectivity index is 0.000000141. The van der Waals surface area contributed by atoms with Crippen LogP contribution in [-0.2, 0) is 19.5 Å². The van der Waals surface area contributed by atoms with Crippen LogP contribution in [0.4, 0.5) is 0 Å². The van der Waals surface area contributed by atoms with E-state index in [1.165, 1.54) is 63.8 Å². The Morgan fingerprint density at radius 1 is 0.387 bits per heavy atom. The van der Waals surface area contributed by atoms with Gasteiger partial charge in [0.2, 0.25) is 11.2 Å². The molecule has 0 spiro atoms. The van der Waals surface area contributed by atoms with Gasteiger partial charge in [-0.05, 0) is 75.7 Å². The first kappa shape index (κ1) is 41.1. The molecule has 7 nitrogen and oxygen atoms in total. The largest absolute Gasteiger partial charge is 0.502 e. The van der Waals surface area contributed by atoms with Gasteiger partial charge >= 0.3 is 0 Å². The Bertz CT molecular complexity index is 2950. The molecule has 62 heavy (non-hydrogen) atoms. The number of hydrogen-bond acceptors (Lipinski definition) is 7. The Labute approximate surface area is 370 Å². The van der Waals surface area contributed by atoms with Gasteiger partial charge in [-0.1, -0.05) is 146 Å². The average molecular weight is 892 g/mol. The van der Waals surface area contributed by atoms with E-state index >= 15 is 0 Å². The molecule has 5 aromatic heterocycles. The van der Waals surface area contributed by atoms with E-state index in [2.05, 4.69) is 170 Å². The fraction of sp³-hybridized carbons (Fsp3) is 0.0185. The summed E-state index contributed by atoms with van der Waals surface area (Å²) in [6, 6.07) is 59.9. The monoisotopic (exact) mass is 892 g/mol. The number of fused-ring (bicyclic) bond motifs is 6. The normalized spacial score (nSPS) is 10.7. The predicted molar refractivity (Wildman–Crippen MR) is 247 cm³/mol. The van der Waals surface area contributed by atoms with Crippen molar-refractivity contribution in [2.24, 2.45) is 0 Å². The second-order valence-electron chi connectivity index (χ2n) is 14.3. The number of aryl methyl sites for hydroxylation is 1. The minimum Gasteiger partial charge on any atom is -0.502 e. The van der Waals surface area contributed by atoms with Gasteiger partial charge in [0, 0.05) is 71.9 Å². The van der Waals surface area contributed by atoms with Crippen molar-refractivity contribution < 1.29 is 29.0 Å². The molecule has 5 heterocycles. The van der Waals surface area contributed by atoms with Gasteiger partial charge in [0.05, 0.1) is 28.3 Å². The standard InChI is InChI=1S/2C24H16N2.C6H6O3.Ru/c2*1-3-7-17(8-4-1)19-13-15-25-23-21(19)11-12-22-20(14-16-26-24(22)23)18-9-5-2-6-10-18;1-4-6(8)5(7)2-3-9-4;/h2*1-16H;2-3,8H,1H3;. The van der Waals surface area contributed by atoms with E-state index in [4.69, 9.17) is 5.11 Å². The number of nitrogens with zero attached hydrogens (tertiary/aromatic N) is 4. The Kier molecular flexibility index (Phi) is 12.4. The van der Waals surface area contributed by atoms with Crippen molar-refractivity contribution in [2.45, 2.75) is 6.92 Å². The van der Waals surface area contributed by atoms with Crippen molar-refractivity contribution in [3.05, 3.63) is 223 Å². The van der Waals surface area contributed by atoms with Crippen LogP contribution in [-0.4, -0.2) is 25.0 Å². The first-order chi connectivity index (χ1) is 30.0. The maximum atomic E-state index is 10.5. The van der Waals surface area contributed by atoms with Crippen molar-refractivity contribution in [1.82, 2.24) is 19.9 Å². The fourth-order valence-electron chi connectivity index (χ4n) is 7.64. The zero-order valence-electron chi connectivity index (χ0n) is 33.5. The topological polar surface area (TPSA) is 102 Å². The van der Waals surface area contributed by atoms with Crippen LogP contribution in [0.5, 0.6) is 5.75 Å². The Hall–Kier alpha value is -7.67.